The van der Waals surface area contributed by atoms with Crippen LogP contribution in [0.4, 0.5) is 0 Å². The topological polar surface area (TPSA) is 68.1 Å². The predicted octanol–water partition coefficient (Wildman–Crippen LogP) is 4.18. The average molecular weight is 371 g/mol. The van der Waals surface area contributed by atoms with E-state index >= 15 is 0 Å². The molecular weight excluding hydrogens is 342 g/mol. The van der Waals surface area contributed by atoms with E-state index in [1.54, 1.807) is 0 Å². The van der Waals surface area contributed by atoms with Crippen molar-refractivity contribution < 1.29 is 19.4 Å². The quantitative estimate of drug-likeness (QED) is 0.360. The number of carbonyl (C=O) groups is 1. The van der Waals surface area contributed by atoms with Crippen LogP contribution in [0, 0.1) is 0 Å². The zero-order valence-electron chi connectivity index (χ0n) is 16.0. The molecule has 0 amide bonds. The fourth-order valence-corrected chi connectivity index (χ4v) is 2.78. The highest BCUT2D eigenvalue weighted by Gasteiger charge is 2.12. The summed E-state index contributed by atoms with van der Waals surface area (Å²) in [6, 6.07) is 8.01. The number of ether oxygens (including phenoxy) is 2. The molecule has 0 fully saturated rings. The third-order valence-electron chi connectivity index (χ3n) is 4.42. The molecule has 5 nitrogen and oxygen atoms in total. The summed E-state index contributed by atoms with van der Waals surface area (Å²) in [5.74, 6) is 0.111. The van der Waals surface area contributed by atoms with Crippen molar-refractivity contribution in [3.05, 3.63) is 53.6 Å². The molecule has 0 radical (unpaired) electrons. The Balaban J connectivity index is 1.73. The summed E-state index contributed by atoms with van der Waals surface area (Å²) in [7, 11) is 0. The standard InChI is InChI=1S/C22H29NO4/c1-3-4-5-6-18-7-12-21(23-15-18)19-8-10-20(11-9-19)26-13-14-27-22(25)17(2)16-24/h7-11,15,21,24H,2-6,12-14,16H2,1H3. The monoisotopic (exact) mass is 371 g/mol. The Kier molecular flexibility index (Phi) is 8.78. The molecule has 0 saturated heterocycles. The molecule has 27 heavy (non-hydrogen) atoms. The Morgan fingerprint density at radius 3 is 2.67 bits per heavy atom. The lowest BCUT2D eigenvalue weighted by atomic mass is 9.98. The first-order chi connectivity index (χ1) is 13.1. The first kappa shape index (κ1) is 20.9. The molecule has 1 atom stereocenters. The number of unbranched alkanes of at least 4 members (excludes halogenated alkanes) is 2. The zero-order chi connectivity index (χ0) is 19.5. The van der Waals surface area contributed by atoms with E-state index in [0.29, 0.717) is 5.75 Å². The Bertz CT molecular complexity index is 676. The van der Waals surface area contributed by atoms with Crippen molar-refractivity contribution in [2.75, 3.05) is 19.8 Å². The Morgan fingerprint density at radius 2 is 2.04 bits per heavy atom. The molecule has 0 spiro atoms. The van der Waals surface area contributed by atoms with Crippen LogP contribution in [0.25, 0.3) is 0 Å². The minimum atomic E-state index is -0.603. The second-order valence-corrected chi connectivity index (χ2v) is 6.58. The van der Waals surface area contributed by atoms with E-state index in [9.17, 15) is 4.79 Å². The maximum atomic E-state index is 11.3. The van der Waals surface area contributed by atoms with Gasteiger partial charge < -0.3 is 14.6 Å². The second-order valence-electron chi connectivity index (χ2n) is 6.58. The number of hydrogen-bond donors (Lipinski definition) is 1. The molecule has 0 saturated carbocycles. The van der Waals surface area contributed by atoms with E-state index in [0.717, 1.165) is 18.4 Å². The second kappa shape index (κ2) is 11.3. The van der Waals surface area contributed by atoms with Crippen LogP contribution in [0.3, 0.4) is 0 Å². The van der Waals surface area contributed by atoms with Gasteiger partial charge in [-0.05, 0) is 42.5 Å². The molecule has 1 N–H and O–H groups in total. The van der Waals surface area contributed by atoms with Crippen LogP contribution in [0.1, 0.15) is 50.6 Å². The smallest absolute Gasteiger partial charge is 0.335 e. The van der Waals surface area contributed by atoms with Crippen LogP contribution in [0.2, 0.25) is 0 Å². The van der Waals surface area contributed by atoms with E-state index in [-0.39, 0.29) is 24.8 Å². The Morgan fingerprint density at radius 1 is 1.26 bits per heavy atom. The molecule has 1 aromatic rings. The largest absolute Gasteiger partial charge is 0.490 e. The SMILES string of the molecule is C=C(CO)C(=O)OCCOc1ccc(C2CC=C(CCCCC)C=N2)cc1. The maximum absolute atomic E-state index is 11.3. The van der Waals surface area contributed by atoms with Crippen LogP contribution in [-0.2, 0) is 9.53 Å². The number of rotatable bonds is 11. The van der Waals surface area contributed by atoms with Crippen LogP contribution < -0.4 is 4.74 Å². The Labute approximate surface area is 161 Å². The minimum Gasteiger partial charge on any atom is -0.490 e. The van der Waals surface area contributed by atoms with Gasteiger partial charge in [-0.25, -0.2) is 4.79 Å². The molecule has 1 heterocycles. The summed E-state index contributed by atoms with van der Waals surface area (Å²) in [5.41, 5.74) is 2.54. The van der Waals surface area contributed by atoms with Crippen LogP contribution in [0.15, 0.2) is 53.1 Å². The van der Waals surface area contributed by atoms with Gasteiger partial charge in [-0.2, -0.15) is 0 Å². The van der Waals surface area contributed by atoms with Crippen LogP contribution in [-0.4, -0.2) is 37.1 Å². The number of allylic oxidation sites excluding steroid dienone is 1. The average Bonchev–Trinajstić information content (AvgIpc) is 2.71. The van der Waals surface area contributed by atoms with E-state index in [4.69, 9.17) is 14.6 Å². The fraction of sp³-hybridized carbons (Fsp3) is 0.455. The highest BCUT2D eigenvalue weighted by atomic mass is 16.6. The van der Waals surface area contributed by atoms with Crippen molar-refractivity contribution in [2.24, 2.45) is 4.99 Å². The van der Waals surface area contributed by atoms with Crippen LogP contribution in [0.5, 0.6) is 5.75 Å². The third kappa shape index (κ3) is 7.02. The lowest BCUT2D eigenvalue weighted by Gasteiger charge is -2.16. The van der Waals surface area contributed by atoms with E-state index in [1.165, 1.54) is 24.8 Å². The van der Waals surface area contributed by atoms with E-state index in [2.05, 4.69) is 24.6 Å². The number of aliphatic imine (C=N–C) groups is 1. The van der Waals surface area contributed by atoms with Gasteiger partial charge in [0.05, 0.1) is 18.2 Å². The molecule has 5 heteroatoms. The van der Waals surface area contributed by atoms with Gasteiger partial charge in [0.2, 0.25) is 0 Å². The number of aliphatic hydroxyl groups is 1. The molecule has 0 aliphatic carbocycles. The first-order valence-electron chi connectivity index (χ1n) is 9.54. The van der Waals surface area contributed by atoms with Gasteiger partial charge in [0.15, 0.2) is 0 Å². The normalized spacial score (nSPS) is 15.9. The Hall–Kier alpha value is -2.40. The van der Waals surface area contributed by atoms with Crippen LogP contribution >= 0.6 is 0 Å². The van der Waals surface area contributed by atoms with Gasteiger partial charge >= 0.3 is 5.97 Å². The predicted molar refractivity (Wildman–Crippen MR) is 107 cm³/mol. The highest BCUT2D eigenvalue weighted by molar-refractivity contribution is 5.87. The lowest BCUT2D eigenvalue weighted by molar-refractivity contribution is -0.140. The molecule has 2 rings (SSSR count). The van der Waals surface area contributed by atoms with E-state index < -0.39 is 12.6 Å². The molecular formula is C22H29NO4. The zero-order valence-corrected chi connectivity index (χ0v) is 16.0. The summed E-state index contributed by atoms with van der Waals surface area (Å²) >= 11 is 0. The lowest BCUT2D eigenvalue weighted by Crippen LogP contribution is -2.15. The van der Waals surface area contributed by atoms with Gasteiger partial charge in [-0.1, -0.05) is 44.6 Å². The number of benzene rings is 1. The van der Waals surface area contributed by atoms with Crippen molar-refractivity contribution in [2.45, 2.75) is 45.1 Å². The van der Waals surface area contributed by atoms with Gasteiger partial charge in [0.25, 0.3) is 0 Å². The summed E-state index contributed by atoms with van der Waals surface area (Å²) in [5, 5.41) is 8.79. The summed E-state index contributed by atoms with van der Waals surface area (Å²) in [4.78, 5) is 16.0. The number of aliphatic hydroxyl groups excluding tert-OH is 1. The number of esters is 1. The summed E-state index contributed by atoms with van der Waals surface area (Å²) in [6.07, 6.45) is 10.1. The molecule has 1 aliphatic heterocycles. The molecule has 0 bridgehead atoms. The molecule has 1 aliphatic rings. The maximum Gasteiger partial charge on any atom is 0.335 e. The van der Waals surface area contributed by atoms with Gasteiger partial charge in [-0.3, -0.25) is 4.99 Å². The number of hydrogen-bond acceptors (Lipinski definition) is 5. The van der Waals surface area contributed by atoms with Gasteiger partial charge in [-0.15, -0.1) is 0 Å². The summed E-state index contributed by atoms with van der Waals surface area (Å²) in [6.45, 7) is 5.57. The molecule has 0 aromatic heterocycles. The van der Waals surface area contributed by atoms with Gasteiger partial charge in [0.1, 0.15) is 19.0 Å². The van der Waals surface area contributed by atoms with Crippen molar-refractivity contribution in [1.29, 1.82) is 0 Å². The van der Waals surface area contributed by atoms with Crippen molar-refractivity contribution in [3.8, 4) is 5.75 Å². The van der Waals surface area contributed by atoms with Crippen molar-refractivity contribution >= 4 is 12.2 Å². The van der Waals surface area contributed by atoms with E-state index in [1.807, 2.05) is 30.5 Å². The number of nitrogens with zero attached hydrogens (tertiary/aromatic N) is 1. The van der Waals surface area contributed by atoms with Gasteiger partial charge in [0, 0.05) is 6.21 Å². The number of dihydropyridines is 1. The summed E-state index contributed by atoms with van der Waals surface area (Å²) < 4.78 is 10.5. The first-order valence-corrected chi connectivity index (χ1v) is 9.54. The fourth-order valence-electron chi connectivity index (χ4n) is 2.78. The van der Waals surface area contributed by atoms with Crippen molar-refractivity contribution in [1.82, 2.24) is 0 Å². The molecule has 146 valence electrons. The molecule has 1 unspecified atom stereocenters. The minimum absolute atomic E-state index is 0.0370. The molecule has 1 aromatic carbocycles. The highest BCUT2D eigenvalue weighted by Crippen LogP contribution is 2.28. The third-order valence-corrected chi connectivity index (χ3v) is 4.42. The van der Waals surface area contributed by atoms with Crippen molar-refractivity contribution in [3.63, 3.8) is 0 Å². The number of carbonyl (C=O) groups excluding carboxylic acids is 1.